The fourth-order valence-corrected chi connectivity index (χ4v) is 5.01. The number of nitrogens with two attached hydrogens (primary N) is 1. The van der Waals surface area contributed by atoms with E-state index in [2.05, 4.69) is 30.8 Å². The number of ether oxygens (including phenoxy) is 1. The van der Waals surface area contributed by atoms with Crippen molar-refractivity contribution in [1.82, 2.24) is 19.9 Å². The highest BCUT2D eigenvalue weighted by Gasteiger charge is 2.23. The van der Waals surface area contributed by atoms with Gasteiger partial charge in [0.15, 0.2) is 0 Å². The van der Waals surface area contributed by atoms with Gasteiger partial charge in [-0.25, -0.2) is 0 Å². The number of fused-ring (bicyclic) bond motifs is 1. The van der Waals surface area contributed by atoms with Crippen molar-refractivity contribution in [3.63, 3.8) is 0 Å². The van der Waals surface area contributed by atoms with E-state index in [1.165, 1.54) is 0 Å². The maximum Gasteiger partial charge on any atom is 0.233 e. The number of benzene rings is 3. The number of aromatic nitrogens is 4. The van der Waals surface area contributed by atoms with Crippen LogP contribution in [0.1, 0.15) is 12.8 Å². The lowest BCUT2D eigenvalue weighted by Gasteiger charge is -2.33. The van der Waals surface area contributed by atoms with Gasteiger partial charge in [0, 0.05) is 52.4 Å². The van der Waals surface area contributed by atoms with Crippen LogP contribution in [-0.4, -0.2) is 52.3 Å². The molecule has 1 unspecified atom stereocenters. The van der Waals surface area contributed by atoms with Crippen molar-refractivity contribution in [2.24, 2.45) is 5.73 Å². The smallest absolute Gasteiger partial charge is 0.233 e. The average molecular weight is 582 g/mol. The van der Waals surface area contributed by atoms with Gasteiger partial charge in [0.2, 0.25) is 17.8 Å². The number of halogens is 1. The van der Waals surface area contributed by atoms with Gasteiger partial charge >= 0.3 is 0 Å². The number of anilines is 7. The number of morpholine rings is 1. The van der Waals surface area contributed by atoms with Crippen LogP contribution in [0.25, 0.3) is 10.9 Å². The van der Waals surface area contributed by atoms with E-state index >= 15 is 0 Å². The molecular formula is C31H32ClN9O. The first-order chi connectivity index (χ1) is 20.6. The SMILES string of the molecule is NCCCC1CN(c2nc(Nc3ccccc3)nc(Nc3ccc(Nc4ccnc5cc(Cl)ccc45)cc3)n2)CCO1. The van der Waals surface area contributed by atoms with Crippen LogP contribution >= 0.6 is 11.6 Å². The molecule has 0 bridgehead atoms. The quantitative estimate of drug-likeness (QED) is 0.150. The van der Waals surface area contributed by atoms with Gasteiger partial charge in [-0.3, -0.25) is 4.98 Å². The Hall–Kier alpha value is -4.51. The third kappa shape index (κ3) is 6.85. The zero-order chi connectivity index (χ0) is 28.7. The molecule has 214 valence electrons. The van der Waals surface area contributed by atoms with Crippen molar-refractivity contribution in [1.29, 1.82) is 0 Å². The molecule has 1 atom stereocenters. The molecule has 11 heteroatoms. The van der Waals surface area contributed by atoms with Crippen molar-refractivity contribution < 1.29 is 4.74 Å². The first-order valence-corrected chi connectivity index (χ1v) is 14.3. The van der Waals surface area contributed by atoms with Crippen molar-refractivity contribution in [3.8, 4) is 0 Å². The third-order valence-electron chi connectivity index (χ3n) is 6.93. The normalized spacial score (nSPS) is 15.0. The first kappa shape index (κ1) is 27.6. The molecule has 0 aliphatic carbocycles. The minimum atomic E-state index is 0.0931. The highest BCUT2D eigenvalue weighted by Crippen LogP contribution is 2.28. The highest BCUT2D eigenvalue weighted by atomic mass is 35.5. The van der Waals surface area contributed by atoms with Gasteiger partial charge in [0.05, 0.1) is 18.2 Å². The minimum Gasteiger partial charge on any atom is -0.375 e. The maximum atomic E-state index is 6.15. The zero-order valence-electron chi connectivity index (χ0n) is 23.0. The number of hydrogen-bond acceptors (Lipinski definition) is 10. The molecule has 1 aliphatic rings. The molecule has 5 aromatic rings. The lowest BCUT2D eigenvalue weighted by molar-refractivity contribution is 0.0339. The summed E-state index contributed by atoms with van der Waals surface area (Å²) in [6.07, 6.45) is 3.68. The summed E-state index contributed by atoms with van der Waals surface area (Å²) < 4.78 is 5.95. The fraction of sp³-hybridized carbons (Fsp3) is 0.226. The van der Waals surface area contributed by atoms with Gasteiger partial charge in [-0.2, -0.15) is 15.0 Å². The molecule has 0 amide bonds. The predicted molar refractivity (Wildman–Crippen MR) is 170 cm³/mol. The first-order valence-electron chi connectivity index (χ1n) is 14.0. The molecule has 1 fully saturated rings. The molecule has 1 saturated heterocycles. The van der Waals surface area contributed by atoms with Crippen LogP contribution < -0.4 is 26.6 Å². The summed E-state index contributed by atoms with van der Waals surface area (Å²) in [5.41, 5.74) is 10.2. The third-order valence-corrected chi connectivity index (χ3v) is 7.17. The monoisotopic (exact) mass is 581 g/mol. The summed E-state index contributed by atoms with van der Waals surface area (Å²) in [4.78, 5) is 20.8. The molecule has 0 saturated carbocycles. The Kier molecular flexibility index (Phi) is 8.55. The fourth-order valence-electron chi connectivity index (χ4n) is 4.84. The Labute approximate surface area is 249 Å². The molecule has 2 aromatic heterocycles. The Morgan fingerprint density at radius 3 is 2.31 bits per heavy atom. The molecule has 0 spiro atoms. The Balaban J connectivity index is 1.22. The van der Waals surface area contributed by atoms with Crippen LogP contribution in [-0.2, 0) is 4.74 Å². The van der Waals surface area contributed by atoms with E-state index in [1.807, 2.05) is 78.9 Å². The van der Waals surface area contributed by atoms with E-state index in [9.17, 15) is 0 Å². The summed E-state index contributed by atoms with van der Waals surface area (Å²) in [6, 6.07) is 25.4. The number of nitrogens with one attached hydrogen (secondary N) is 3. The van der Waals surface area contributed by atoms with Gasteiger partial charge in [0.1, 0.15) is 0 Å². The number of nitrogens with zero attached hydrogens (tertiary/aromatic N) is 5. The molecule has 10 nitrogen and oxygen atoms in total. The van der Waals surface area contributed by atoms with Gasteiger partial charge in [-0.05, 0) is 80.1 Å². The van der Waals surface area contributed by atoms with Crippen molar-refractivity contribution >= 4 is 63.1 Å². The van der Waals surface area contributed by atoms with Gasteiger partial charge in [-0.1, -0.05) is 29.8 Å². The summed E-state index contributed by atoms with van der Waals surface area (Å²) in [5.74, 6) is 1.50. The van der Waals surface area contributed by atoms with E-state index in [-0.39, 0.29) is 6.10 Å². The predicted octanol–water partition coefficient (Wildman–Crippen LogP) is 6.25. The second kappa shape index (κ2) is 13.0. The summed E-state index contributed by atoms with van der Waals surface area (Å²) >= 11 is 6.15. The van der Waals surface area contributed by atoms with Crippen LogP contribution in [0.15, 0.2) is 85.1 Å². The summed E-state index contributed by atoms with van der Waals surface area (Å²) in [6.45, 7) is 2.65. The molecule has 42 heavy (non-hydrogen) atoms. The zero-order valence-corrected chi connectivity index (χ0v) is 23.8. The lowest BCUT2D eigenvalue weighted by atomic mass is 10.1. The minimum absolute atomic E-state index is 0.0931. The Morgan fingerprint density at radius 2 is 1.57 bits per heavy atom. The van der Waals surface area contributed by atoms with Crippen LogP contribution in [0, 0.1) is 0 Å². The maximum absolute atomic E-state index is 6.15. The molecule has 5 N–H and O–H groups in total. The van der Waals surface area contributed by atoms with Gasteiger partial charge < -0.3 is 31.3 Å². The van der Waals surface area contributed by atoms with Crippen LogP contribution in [0.2, 0.25) is 5.02 Å². The number of rotatable bonds is 10. The van der Waals surface area contributed by atoms with E-state index < -0.39 is 0 Å². The molecule has 3 aromatic carbocycles. The summed E-state index contributed by atoms with van der Waals surface area (Å²) in [5, 5.41) is 11.8. The van der Waals surface area contributed by atoms with Crippen molar-refractivity contribution in [2.45, 2.75) is 18.9 Å². The Morgan fingerprint density at radius 1 is 0.857 bits per heavy atom. The van der Waals surface area contributed by atoms with E-state index in [0.717, 1.165) is 46.5 Å². The molecule has 6 rings (SSSR count). The largest absolute Gasteiger partial charge is 0.375 e. The van der Waals surface area contributed by atoms with E-state index in [4.69, 9.17) is 32.0 Å². The molecule has 1 aliphatic heterocycles. The van der Waals surface area contributed by atoms with E-state index in [1.54, 1.807) is 6.20 Å². The molecule has 3 heterocycles. The Bertz CT molecular complexity index is 1640. The summed E-state index contributed by atoms with van der Waals surface area (Å²) in [7, 11) is 0. The second-order valence-electron chi connectivity index (χ2n) is 9.99. The van der Waals surface area contributed by atoms with Crippen molar-refractivity contribution in [2.75, 3.05) is 47.1 Å². The van der Waals surface area contributed by atoms with Gasteiger partial charge in [0.25, 0.3) is 0 Å². The van der Waals surface area contributed by atoms with Gasteiger partial charge in [-0.15, -0.1) is 0 Å². The number of para-hydroxylation sites is 1. The topological polar surface area (TPSA) is 126 Å². The van der Waals surface area contributed by atoms with E-state index in [0.29, 0.717) is 49.1 Å². The lowest BCUT2D eigenvalue weighted by Crippen LogP contribution is -2.43. The number of hydrogen-bond donors (Lipinski definition) is 4. The second-order valence-corrected chi connectivity index (χ2v) is 10.4. The van der Waals surface area contributed by atoms with Crippen molar-refractivity contribution in [3.05, 3.63) is 90.1 Å². The number of pyridine rings is 1. The van der Waals surface area contributed by atoms with Crippen LogP contribution in [0.4, 0.5) is 40.6 Å². The highest BCUT2D eigenvalue weighted by molar-refractivity contribution is 6.31. The van der Waals surface area contributed by atoms with Crippen LogP contribution in [0.3, 0.4) is 0 Å². The molecular weight excluding hydrogens is 550 g/mol. The standard InChI is InChI=1S/C31H32ClN9O/c32-21-8-13-26-27(14-16-34-28(26)19-21)35-23-9-11-24(12-10-23)37-30-38-29(36-22-5-2-1-3-6-22)39-31(40-30)41-17-18-42-25(20-41)7-4-15-33/h1-3,5-6,8-14,16,19,25H,4,7,15,17-18,20,33H2,(H,34,35)(H2,36,37,38,39,40). The average Bonchev–Trinajstić information content (AvgIpc) is 3.01. The molecule has 0 radical (unpaired) electrons. The van der Waals surface area contributed by atoms with Crippen LogP contribution in [0.5, 0.6) is 0 Å².